The van der Waals surface area contributed by atoms with Gasteiger partial charge in [0.1, 0.15) is 0 Å². The van der Waals surface area contributed by atoms with Crippen LogP contribution < -0.4 is 0 Å². The second-order valence-corrected chi connectivity index (χ2v) is 14.1. The summed E-state index contributed by atoms with van der Waals surface area (Å²) in [5.74, 6) is 0. The summed E-state index contributed by atoms with van der Waals surface area (Å²) in [7, 11) is -17.4. The Bertz CT molecular complexity index is 1190. The third-order valence-corrected chi connectivity index (χ3v) is 9.35. The van der Waals surface area contributed by atoms with Crippen LogP contribution in [0, 0.1) is 0 Å². The van der Waals surface area contributed by atoms with Crippen molar-refractivity contribution in [3.63, 3.8) is 0 Å². The molecule has 12 heteroatoms. The topological polar surface area (TPSA) is 20.2 Å². The van der Waals surface area contributed by atoms with Gasteiger partial charge in [0.15, 0.2) is 0 Å². The first-order valence-electron chi connectivity index (χ1n) is 9.97. The lowest BCUT2D eigenvalue weighted by Gasteiger charge is -2.49. The number of hydrogen-bond donors (Lipinski definition) is 1. The first kappa shape index (κ1) is 29.8. The highest BCUT2D eigenvalue weighted by atomic mass is 35.5. The fraction of sp³-hybridized carbons (Fsp3) is 0.0833. The van der Waals surface area contributed by atoms with E-state index in [1.54, 1.807) is 6.07 Å². The van der Waals surface area contributed by atoms with Crippen molar-refractivity contribution in [1.82, 2.24) is 0 Å². The zero-order valence-electron chi connectivity index (χ0n) is 18.9. The highest BCUT2D eigenvalue weighted by Gasteiger charge is 2.65. The van der Waals surface area contributed by atoms with Crippen molar-refractivity contribution < 1.29 is 36.2 Å². The van der Waals surface area contributed by atoms with Gasteiger partial charge in [-0.05, 0) is 47.9 Å². The number of rotatable bonds is 6. The third kappa shape index (κ3) is 6.84. The summed E-state index contributed by atoms with van der Waals surface area (Å²) in [4.78, 5) is -3.93. The molecule has 36 heavy (non-hydrogen) atoms. The maximum atomic E-state index is 14.8. The predicted octanol–water partition coefficient (Wildman–Crippen LogP) is 11.1. The van der Waals surface area contributed by atoms with Crippen LogP contribution in [0.3, 0.4) is 0 Å². The molecule has 0 heterocycles. The van der Waals surface area contributed by atoms with Gasteiger partial charge in [-0.3, -0.25) is 0 Å². The van der Waals surface area contributed by atoms with Crippen molar-refractivity contribution in [1.29, 1.82) is 0 Å². The van der Waals surface area contributed by atoms with Gasteiger partial charge in [-0.2, -0.15) is 0 Å². The van der Waals surface area contributed by atoms with E-state index in [4.69, 9.17) is 16.7 Å². The van der Waals surface area contributed by atoms with Gasteiger partial charge >= 0.3 is 0 Å². The minimum Gasteiger partial charge on any atom is -0.400 e. The van der Waals surface area contributed by atoms with E-state index in [2.05, 4.69) is 0 Å². The maximum Gasteiger partial charge on any atom is 0.205 e. The molecule has 3 aromatic carbocycles. The molecule has 0 fully saturated rings. The summed E-state index contributed by atoms with van der Waals surface area (Å²) in [6, 6.07) is 13.4. The molecule has 3 aromatic rings. The van der Waals surface area contributed by atoms with Crippen molar-refractivity contribution in [3.05, 3.63) is 107 Å². The molecule has 0 aromatic heterocycles. The molecular formula is C24H23ClF8OS2. The minimum atomic E-state index is -9.27. The van der Waals surface area contributed by atoms with Crippen molar-refractivity contribution in [3.8, 4) is 0 Å². The van der Waals surface area contributed by atoms with E-state index in [0.29, 0.717) is 0 Å². The molecule has 0 atom stereocenters. The van der Waals surface area contributed by atoms with E-state index in [9.17, 15) is 31.1 Å². The van der Waals surface area contributed by atoms with E-state index in [1.807, 2.05) is 0 Å². The zero-order chi connectivity index (χ0) is 27.6. The Hall–Kier alpha value is -2.47. The summed E-state index contributed by atoms with van der Waals surface area (Å²) in [6.45, 7) is 1.03. The zero-order valence-corrected chi connectivity index (χ0v) is 21.3. The van der Waals surface area contributed by atoms with Crippen LogP contribution in [-0.4, -0.2) is 12.2 Å². The smallest absolute Gasteiger partial charge is 0.205 e. The van der Waals surface area contributed by atoms with Crippen LogP contribution >= 0.6 is 31.3 Å². The van der Waals surface area contributed by atoms with Gasteiger partial charge in [-0.15, -0.1) is 31.1 Å². The van der Waals surface area contributed by atoms with Crippen LogP contribution in [0.2, 0.25) is 0 Å². The maximum absolute atomic E-state index is 14.8. The monoisotopic (exact) mass is 578 g/mol. The molecule has 0 aliphatic carbocycles. The van der Waals surface area contributed by atoms with Crippen molar-refractivity contribution in [2.75, 3.05) is 7.11 Å². The molecule has 0 amide bonds. The number of aliphatic hydroxyl groups is 1. The molecule has 0 spiro atoms. The molecule has 0 saturated carbocycles. The fourth-order valence-corrected chi connectivity index (χ4v) is 6.89. The Morgan fingerprint density at radius 1 is 0.583 bits per heavy atom. The summed E-state index contributed by atoms with van der Waals surface area (Å²) in [5.41, 5.74) is -0.527. The van der Waals surface area contributed by atoms with Crippen molar-refractivity contribution in [2.24, 2.45) is 0 Å². The number of halogens is 9. The van der Waals surface area contributed by atoms with E-state index >= 15 is 0 Å². The lowest BCUT2D eigenvalue weighted by Crippen LogP contribution is -2.14. The van der Waals surface area contributed by atoms with E-state index in [0.717, 1.165) is 14.0 Å². The molecule has 200 valence electrons. The Morgan fingerprint density at radius 3 is 1.31 bits per heavy atom. The molecule has 0 unspecified atom stereocenters. The van der Waals surface area contributed by atoms with Gasteiger partial charge in [0.25, 0.3) is 0 Å². The van der Waals surface area contributed by atoms with Gasteiger partial charge in [-0.25, -0.2) is 0 Å². The molecule has 3 rings (SSSR count). The second-order valence-electron chi connectivity index (χ2n) is 7.74. The Kier molecular flexibility index (Phi) is 7.06. The Labute approximate surface area is 208 Å². The molecule has 0 bridgehead atoms. The Balaban J connectivity index is 0.00000222. The number of aliphatic hydroxyl groups excluding tert-OH is 1. The van der Waals surface area contributed by atoms with Gasteiger partial charge < -0.3 is 5.11 Å². The van der Waals surface area contributed by atoms with Gasteiger partial charge in [-0.1, -0.05) is 72.3 Å². The van der Waals surface area contributed by atoms with E-state index in [1.165, 1.54) is 54.6 Å². The quantitative estimate of drug-likeness (QED) is 0.288. The highest BCUT2D eigenvalue weighted by molar-refractivity contribution is 8.52. The average molecular weight is 579 g/mol. The van der Waals surface area contributed by atoms with Gasteiger partial charge in [0.2, 0.25) is 19.7 Å². The molecule has 1 nitrogen and oxygen atoms in total. The predicted molar refractivity (Wildman–Crippen MR) is 136 cm³/mol. The second kappa shape index (κ2) is 8.54. The lowest BCUT2D eigenvalue weighted by atomic mass is 10.1. The average Bonchev–Trinajstić information content (AvgIpc) is 2.79. The summed E-state index contributed by atoms with van der Waals surface area (Å²) >= 11 is 5.67. The van der Waals surface area contributed by atoms with Crippen LogP contribution in [0.1, 0.15) is 18.1 Å². The minimum absolute atomic E-state index is 0.0821. The van der Waals surface area contributed by atoms with E-state index in [-0.39, 0.29) is 35.4 Å². The standard InChI is InChI=1S/C23H19ClF8S2.CH4O/c1-18(19-8-4-2-5-9-19)16-33(25,26,27,28)21-12-14-22(15-13-21)34(29,30,31,32)17-23(24)20-10-6-3-7-11-20;1-2/h2-17H,1H3;2H,1H3/b18-16+,23-17-;. The first-order chi connectivity index (χ1) is 16.2. The third-order valence-electron chi connectivity index (χ3n) is 4.84. The molecule has 0 aliphatic heterocycles. The normalized spacial score (nSPS) is 17.0. The van der Waals surface area contributed by atoms with Crippen LogP contribution in [0.4, 0.5) is 31.1 Å². The van der Waals surface area contributed by atoms with Crippen LogP contribution in [0.15, 0.2) is 106 Å². The van der Waals surface area contributed by atoms with Crippen LogP contribution in [0.5, 0.6) is 0 Å². The SMILES string of the molecule is C/C(=C\S(F)(F)(F)(F)c1ccc(S(F)(F)(F)(F)/C=C(\Cl)c2ccccc2)cc1)c1ccccc1.CO. The molecule has 0 radical (unpaired) electrons. The molecule has 0 saturated heterocycles. The van der Waals surface area contributed by atoms with Gasteiger partial charge in [0.05, 0.1) is 20.2 Å². The summed E-state index contributed by atoms with van der Waals surface area (Å²) in [6.07, 6.45) is 0. The largest absolute Gasteiger partial charge is 0.400 e. The summed E-state index contributed by atoms with van der Waals surface area (Å²) in [5, 5.41) is 4.78. The molecule has 0 aliphatic rings. The molecule has 1 N–H and O–H groups in total. The number of allylic oxidation sites excluding steroid dienone is 1. The van der Waals surface area contributed by atoms with Crippen LogP contribution in [0.25, 0.3) is 10.6 Å². The fourth-order valence-electron chi connectivity index (χ4n) is 3.14. The first-order valence-corrected chi connectivity index (χ1v) is 14.6. The Morgan fingerprint density at radius 2 is 0.917 bits per heavy atom. The van der Waals surface area contributed by atoms with E-state index < -0.39 is 50.9 Å². The number of benzene rings is 3. The molecular weight excluding hydrogens is 556 g/mol. The highest BCUT2D eigenvalue weighted by Crippen LogP contribution is 3.04. The van der Waals surface area contributed by atoms with Crippen molar-refractivity contribution in [2.45, 2.75) is 16.7 Å². The van der Waals surface area contributed by atoms with Crippen molar-refractivity contribution >= 4 is 41.9 Å². The summed E-state index contributed by atoms with van der Waals surface area (Å²) < 4.78 is 118. The van der Waals surface area contributed by atoms with Crippen LogP contribution in [-0.2, 0) is 0 Å². The number of hydrogen-bond acceptors (Lipinski definition) is 1. The van der Waals surface area contributed by atoms with Gasteiger partial charge in [0, 0.05) is 12.5 Å². The lowest BCUT2D eigenvalue weighted by molar-refractivity contribution is 0.399.